The van der Waals surface area contributed by atoms with Gasteiger partial charge in [0.15, 0.2) is 6.29 Å². The van der Waals surface area contributed by atoms with Crippen LogP contribution in [0.1, 0.15) is 6.42 Å². The summed E-state index contributed by atoms with van der Waals surface area (Å²) in [7, 11) is 2.31. The van der Waals surface area contributed by atoms with Crippen molar-refractivity contribution >= 4 is 24.1 Å². The molecule has 0 amide bonds. The molecule has 0 bridgehead atoms. The van der Waals surface area contributed by atoms with E-state index in [0.29, 0.717) is 13.2 Å². The first-order valence-corrected chi connectivity index (χ1v) is 5.80. The van der Waals surface area contributed by atoms with Gasteiger partial charge in [0.05, 0.1) is 19.1 Å². The zero-order chi connectivity index (χ0) is 10.7. The zero-order valence-electron chi connectivity index (χ0n) is 7.87. The number of ether oxygens (including phenoxy) is 3. The Morgan fingerprint density at radius 3 is 3.20 bits per heavy atom. The first kappa shape index (κ1) is 11.2. The van der Waals surface area contributed by atoms with Gasteiger partial charge < -0.3 is 18.7 Å². The lowest BCUT2D eigenvalue weighted by molar-refractivity contribution is -0.0907. The van der Waals surface area contributed by atoms with Crippen molar-refractivity contribution in [3.8, 4) is 0 Å². The van der Waals surface area contributed by atoms with Crippen LogP contribution < -0.4 is 0 Å². The highest BCUT2D eigenvalue weighted by molar-refractivity contribution is 7.31. The number of nitrogens with zero attached hydrogens (tertiary/aromatic N) is 1. The maximum Gasteiger partial charge on any atom is 0.518 e. The fourth-order valence-corrected chi connectivity index (χ4v) is 2.05. The number of carbonyl (C=O) groups excluding carboxylic acids is 1. The summed E-state index contributed by atoms with van der Waals surface area (Å²) in [5.41, 5.74) is 0. The Hall–Kier alpha value is -0.280. The van der Waals surface area contributed by atoms with Gasteiger partial charge >= 0.3 is 6.16 Å². The Balaban J connectivity index is 1.82. The lowest BCUT2D eigenvalue weighted by atomic mass is 10.0. The minimum absolute atomic E-state index is 0.141. The molecule has 2 fully saturated rings. The molecule has 4 atom stereocenters. The summed E-state index contributed by atoms with van der Waals surface area (Å²) in [4.78, 5) is 11.1. The van der Waals surface area contributed by atoms with E-state index in [9.17, 15) is 4.79 Å². The average molecular weight is 251 g/mol. The molecular formula is C7H11NO5P2. The summed E-state index contributed by atoms with van der Waals surface area (Å²) >= 11 is 0. The standard InChI is InChI=1S/C7H11NO5P2/c9-7(13-15-8-14)12-5-3-11-6-4(5)1-2-10-6/h4-6H,1-3,14H2/t4-,5?,6+/m0/s1. The third-order valence-electron chi connectivity index (χ3n) is 2.40. The molecule has 0 aromatic rings. The molecule has 84 valence electrons. The van der Waals surface area contributed by atoms with Gasteiger partial charge in [-0.2, -0.15) is 0 Å². The Kier molecular flexibility index (Phi) is 3.87. The molecule has 8 heteroatoms. The van der Waals surface area contributed by atoms with Crippen LogP contribution in [0.15, 0.2) is 4.52 Å². The maximum atomic E-state index is 11.1. The summed E-state index contributed by atoms with van der Waals surface area (Å²) in [6.07, 6.45) is -0.338. The predicted octanol–water partition coefficient (Wildman–Crippen LogP) is 1.74. The molecule has 2 aliphatic rings. The van der Waals surface area contributed by atoms with E-state index in [1.54, 1.807) is 0 Å². The van der Waals surface area contributed by atoms with Crippen LogP contribution >= 0.6 is 18.0 Å². The quantitative estimate of drug-likeness (QED) is 0.552. The Bertz CT molecular complexity index is 274. The van der Waals surface area contributed by atoms with Gasteiger partial charge in [-0.05, 0) is 15.8 Å². The molecule has 0 spiro atoms. The van der Waals surface area contributed by atoms with E-state index in [-0.39, 0.29) is 26.9 Å². The van der Waals surface area contributed by atoms with Crippen molar-refractivity contribution in [3.63, 3.8) is 0 Å². The Morgan fingerprint density at radius 1 is 1.53 bits per heavy atom. The first-order chi connectivity index (χ1) is 7.31. The van der Waals surface area contributed by atoms with E-state index in [1.165, 1.54) is 0 Å². The van der Waals surface area contributed by atoms with Crippen molar-refractivity contribution in [1.29, 1.82) is 0 Å². The summed E-state index contributed by atoms with van der Waals surface area (Å²) in [5.74, 6) is 0.141. The lowest BCUT2D eigenvalue weighted by Gasteiger charge is -2.13. The summed E-state index contributed by atoms with van der Waals surface area (Å²) in [6, 6.07) is 0. The second-order valence-electron chi connectivity index (χ2n) is 3.22. The van der Waals surface area contributed by atoms with Crippen LogP contribution in [0, 0.1) is 5.92 Å². The molecule has 2 unspecified atom stereocenters. The summed E-state index contributed by atoms with van der Waals surface area (Å²) in [5, 5.41) is 0. The van der Waals surface area contributed by atoms with Crippen LogP contribution in [0.4, 0.5) is 4.79 Å². The highest BCUT2D eigenvalue weighted by Crippen LogP contribution is 2.33. The van der Waals surface area contributed by atoms with E-state index in [4.69, 9.17) is 14.2 Å². The van der Waals surface area contributed by atoms with Crippen molar-refractivity contribution < 1.29 is 23.5 Å². The molecule has 2 saturated heterocycles. The van der Waals surface area contributed by atoms with Crippen LogP contribution in [0.25, 0.3) is 0 Å². The zero-order valence-corrected chi connectivity index (χ0v) is 9.92. The van der Waals surface area contributed by atoms with Gasteiger partial charge in [-0.3, -0.25) is 0 Å². The molecular weight excluding hydrogens is 240 g/mol. The SMILES string of the molecule is O=C(O/P=N/P)OC1CO[C@H]2OCC[C@@H]12. The monoisotopic (exact) mass is 251 g/mol. The molecule has 0 aromatic carbocycles. The van der Waals surface area contributed by atoms with Crippen molar-refractivity contribution in [1.82, 2.24) is 0 Å². The Labute approximate surface area is 90.8 Å². The van der Waals surface area contributed by atoms with Crippen LogP contribution in [0.2, 0.25) is 0 Å². The lowest BCUT2D eigenvalue weighted by Crippen LogP contribution is -2.25. The molecule has 0 N–H and O–H groups in total. The van der Waals surface area contributed by atoms with Crippen LogP contribution in [0.3, 0.4) is 0 Å². The largest absolute Gasteiger partial charge is 0.518 e. The minimum Gasteiger partial charge on any atom is -0.428 e. The van der Waals surface area contributed by atoms with Crippen molar-refractivity contribution in [2.75, 3.05) is 13.2 Å². The fraction of sp³-hybridized carbons (Fsp3) is 0.857. The van der Waals surface area contributed by atoms with Crippen LogP contribution in [0.5, 0.6) is 0 Å². The van der Waals surface area contributed by atoms with E-state index in [1.807, 2.05) is 0 Å². The summed E-state index contributed by atoms with van der Waals surface area (Å²) in [6.45, 7) is 1.03. The van der Waals surface area contributed by atoms with Crippen molar-refractivity contribution in [2.24, 2.45) is 10.4 Å². The second-order valence-corrected chi connectivity index (χ2v) is 4.49. The van der Waals surface area contributed by atoms with Gasteiger partial charge in [-0.25, -0.2) is 9.31 Å². The molecule has 6 nitrogen and oxygen atoms in total. The normalized spacial score (nSPS) is 34.3. The topological polar surface area (TPSA) is 66.4 Å². The predicted molar refractivity (Wildman–Crippen MR) is 54.2 cm³/mol. The van der Waals surface area contributed by atoms with Gasteiger partial charge in [-0.1, -0.05) is 0 Å². The Morgan fingerprint density at radius 2 is 2.40 bits per heavy atom. The molecule has 0 aliphatic carbocycles. The summed E-state index contributed by atoms with van der Waals surface area (Å²) < 4.78 is 23.8. The third-order valence-corrected chi connectivity index (χ3v) is 3.00. The van der Waals surface area contributed by atoms with Crippen molar-refractivity contribution in [2.45, 2.75) is 18.8 Å². The highest BCUT2D eigenvalue weighted by atomic mass is 31.1. The van der Waals surface area contributed by atoms with Gasteiger partial charge in [0.1, 0.15) is 6.10 Å². The van der Waals surface area contributed by atoms with Crippen LogP contribution in [-0.2, 0) is 18.7 Å². The smallest absolute Gasteiger partial charge is 0.428 e. The fourth-order valence-electron chi connectivity index (χ4n) is 1.75. The van der Waals surface area contributed by atoms with E-state index < -0.39 is 6.16 Å². The second kappa shape index (κ2) is 5.17. The van der Waals surface area contributed by atoms with Gasteiger partial charge in [-0.15, -0.1) is 0 Å². The maximum absolute atomic E-state index is 11.1. The number of hydrogen-bond acceptors (Lipinski definition) is 6. The number of carbonyl (C=O) groups is 1. The number of fused-ring (bicyclic) bond motifs is 1. The molecule has 2 heterocycles. The molecule has 0 saturated carbocycles. The van der Waals surface area contributed by atoms with E-state index in [2.05, 4.69) is 18.4 Å². The van der Waals surface area contributed by atoms with Gasteiger partial charge in [0, 0.05) is 0 Å². The van der Waals surface area contributed by atoms with E-state index in [0.717, 1.165) is 6.42 Å². The molecule has 15 heavy (non-hydrogen) atoms. The van der Waals surface area contributed by atoms with Crippen molar-refractivity contribution in [3.05, 3.63) is 0 Å². The molecule has 0 radical (unpaired) electrons. The highest BCUT2D eigenvalue weighted by Gasteiger charge is 2.44. The molecule has 2 rings (SSSR count). The van der Waals surface area contributed by atoms with Crippen LogP contribution in [-0.4, -0.2) is 31.8 Å². The van der Waals surface area contributed by atoms with Gasteiger partial charge in [0.25, 0.3) is 8.60 Å². The van der Waals surface area contributed by atoms with Gasteiger partial charge in [0.2, 0.25) is 0 Å². The minimum atomic E-state index is -0.719. The third kappa shape index (κ3) is 2.64. The first-order valence-electron chi connectivity index (χ1n) is 4.52. The van der Waals surface area contributed by atoms with E-state index >= 15 is 0 Å². The number of hydrogen-bond donors (Lipinski definition) is 0. The average Bonchev–Trinajstić information content (AvgIpc) is 2.80. The molecule has 2 aliphatic heterocycles. The molecule has 0 aromatic heterocycles. The number of rotatable bonds is 2.